The molecule has 0 N–H and O–H groups in total. The summed E-state index contributed by atoms with van der Waals surface area (Å²) in [5, 5.41) is 4.99. The monoisotopic (exact) mass is 366 g/mol. The fourth-order valence-corrected chi connectivity index (χ4v) is 3.41. The van der Waals surface area contributed by atoms with E-state index in [4.69, 9.17) is 9.26 Å². The number of rotatable bonds is 8. The lowest BCUT2D eigenvalue weighted by Gasteiger charge is -2.30. The molecular formula is C22H26N2O3. The van der Waals surface area contributed by atoms with Crippen LogP contribution < -0.4 is 0 Å². The average Bonchev–Trinajstić information content (AvgIpc) is 3.14. The topological polar surface area (TPSA) is 55.6 Å². The highest BCUT2D eigenvalue weighted by atomic mass is 16.5. The van der Waals surface area contributed by atoms with E-state index in [2.05, 4.69) is 19.0 Å². The van der Waals surface area contributed by atoms with Crippen LogP contribution in [0.1, 0.15) is 37.0 Å². The molecule has 0 saturated carbocycles. The van der Waals surface area contributed by atoms with E-state index in [9.17, 15) is 4.79 Å². The van der Waals surface area contributed by atoms with E-state index in [-0.39, 0.29) is 11.9 Å². The van der Waals surface area contributed by atoms with Crippen molar-refractivity contribution in [1.82, 2.24) is 10.1 Å². The Bertz CT molecular complexity index is 885. The van der Waals surface area contributed by atoms with Crippen molar-refractivity contribution in [3.05, 3.63) is 54.1 Å². The average molecular weight is 366 g/mol. The van der Waals surface area contributed by atoms with Crippen molar-refractivity contribution in [2.45, 2.75) is 32.7 Å². The maximum Gasteiger partial charge on any atom is 0.254 e. The molecule has 1 aromatic heterocycles. The van der Waals surface area contributed by atoms with Gasteiger partial charge in [0.25, 0.3) is 5.91 Å². The van der Waals surface area contributed by atoms with Gasteiger partial charge in [-0.3, -0.25) is 4.79 Å². The Balaban J connectivity index is 1.98. The van der Waals surface area contributed by atoms with Crippen LogP contribution in [-0.4, -0.2) is 42.3 Å². The Hall–Kier alpha value is -2.66. The smallest absolute Gasteiger partial charge is 0.254 e. The minimum Gasteiger partial charge on any atom is -0.383 e. The summed E-state index contributed by atoms with van der Waals surface area (Å²) in [5.74, 6) is 0.703. The molecule has 0 aliphatic heterocycles. The second-order valence-corrected chi connectivity index (χ2v) is 6.57. The molecule has 142 valence electrons. The quantitative estimate of drug-likeness (QED) is 0.576. The van der Waals surface area contributed by atoms with Crippen molar-refractivity contribution < 1.29 is 14.1 Å². The molecule has 0 fully saturated rings. The van der Waals surface area contributed by atoms with E-state index in [0.717, 1.165) is 29.3 Å². The van der Waals surface area contributed by atoms with Crippen molar-refractivity contribution in [2.75, 3.05) is 20.3 Å². The normalized spacial score (nSPS) is 11.3. The lowest BCUT2D eigenvalue weighted by atomic mass is 10.0. The molecule has 2 aromatic carbocycles. The third-order valence-electron chi connectivity index (χ3n) is 4.94. The van der Waals surface area contributed by atoms with E-state index in [1.807, 2.05) is 53.4 Å². The summed E-state index contributed by atoms with van der Waals surface area (Å²) in [6.45, 7) is 5.32. The molecule has 0 aliphatic rings. The highest BCUT2D eigenvalue weighted by Gasteiger charge is 2.23. The van der Waals surface area contributed by atoms with E-state index in [1.165, 1.54) is 0 Å². The number of nitrogens with zero attached hydrogens (tertiary/aromatic N) is 2. The number of ether oxygens (including phenoxy) is 1. The Morgan fingerprint density at radius 2 is 1.89 bits per heavy atom. The van der Waals surface area contributed by atoms with Gasteiger partial charge in [0.2, 0.25) is 0 Å². The number of fused-ring (bicyclic) bond motifs is 1. The summed E-state index contributed by atoms with van der Waals surface area (Å²) >= 11 is 0. The summed E-state index contributed by atoms with van der Waals surface area (Å²) < 4.78 is 10.8. The summed E-state index contributed by atoms with van der Waals surface area (Å²) in [5.41, 5.74) is 2.34. The van der Waals surface area contributed by atoms with Gasteiger partial charge in [0.05, 0.1) is 12.0 Å². The summed E-state index contributed by atoms with van der Waals surface area (Å²) in [7, 11) is 1.66. The highest BCUT2D eigenvalue weighted by Crippen LogP contribution is 2.29. The zero-order valence-corrected chi connectivity index (χ0v) is 16.1. The molecule has 0 radical (unpaired) electrons. The molecule has 3 rings (SSSR count). The number of methoxy groups -OCH3 is 1. The second kappa shape index (κ2) is 8.82. The van der Waals surface area contributed by atoms with Gasteiger partial charge in [0, 0.05) is 30.8 Å². The number of amides is 1. The first-order chi connectivity index (χ1) is 13.2. The molecule has 1 heterocycles. The van der Waals surface area contributed by atoms with Gasteiger partial charge < -0.3 is 14.2 Å². The zero-order valence-electron chi connectivity index (χ0n) is 16.1. The van der Waals surface area contributed by atoms with Gasteiger partial charge in [-0.1, -0.05) is 49.3 Å². The van der Waals surface area contributed by atoms with Crippen LogP contribution in [0, 0.1) is 0 Å². The Labute approximate surface area is 159 Å². The first-order valence-corrected chi connectivity index (χ1v) is 9.44. The van der Waals surface area contributed by atoms with Gasteiger partial charge >= 0.3 is 0 Å². The van der Waals surface area contributed by atoms with Crippen molar-refractivity contribution in [3.63, 3.8) is 0 Å². The van der Waals surface area contributed by atoms with Crippen molar-refractivity contribution >= 4 is 16.8 Å². The SMILES string of the molecule is CCC(CC)N(CCOC)C(=O)c1ccc2noc(-c3ccccc3)c2c1. The number of carbonyl (C=O) groups excluding carboxylic acids is 1. The molecule has 0 atom stereocenters. The maximum absolute atomic E-state index is 13.2. The molecule has 5 nitrogen and oxygen atoms in total. The van der Waals surface area contributed by atoms with E-state index in [1.54, 1.807) is 7.11 Å². The minimum absolute atomic E-state index is 0.0165. The van der Waals surface area contributed by atoms with Gasteiger partial charge in [-0.15, -0.1) is 0 Å². The first kappa shape index (κ1) is 19.1. The number of carbonyl (C=O) groups is 1. The standard InChI is InChI=1S/C22H26N2O3/c1-4-18(5-2)24(13-14-26-3)22(25)17-11-12-20-19(15-17)21(27-23-20)16-9-7-6-8-10-16/h6-12,15,18H,4-5,13-14H2,1-3H3. The van der Waals surface area contributed by atoms with Gasteiger partial charge in [0.15, 0.2) is 5.76 Å². The minimum atomic E-state index is 0.0165. The van der Waals surface area contributed by atoms with Gasteiger partial charge in [-0.25, -0.2) is 0 Å². The predicted octanol–water partition coefficient (Wildman–Crippen LogP) is 4.77. The van der Waals surface area contributed by atoms with Crippen LogP contribution in [0.5, 0.6) is 0 Å². The van der Waals surface area contributed by atoms with E-state index < -0.39 is 0 Å². The summed E-state index contributed by atoms with van der Waals surface area (Å²) in [4.78, 5) is 15.2. The molecule has 5 heteroatoms. The Kier molecular flexibility index (Phi) is 6.24. The number of aromatic nitrogens is 1. The van der Waals surface area contributed by atoms with E-state index in [0.29, 0.717) is 24.5 Å². The molecule has 1 amide bonds. The van der Waals surface area contributed by atoms with Crippen LogP contribution >= 0.6 is 0 Å². The van der Waals surface area contributed by atoms with Crippen LogP contribution in [0.3, 0.4) is 0 Å². The van der Waals surface area contributed by atoms with Crippen LogP contribution in [0.25, 0.3) is 22.2 Å². The second-order valence-electron chi connectivity index (χ2n) is 6.57. The third kappa shape index (κ3) is 4.03. The molecule has 0 saturated heterocycles. The van der Waals surface area contributed by atoms with Gasteiger partial charge in [-0.05, 0) is 31.0 Å². The van der Waals surface area contributed by atoms with Crippen LogP contribution in [0.15, 0.2) is 53.1 Å². The lowest BCUT2D eigenvalue weighted by Crippen LogP contribution is -2.41. The molecule has 0 aliphatic carbocycles. The number of benzene rings is 2. The van der Waals surface area contributed by atoms with Gasteiger partial charge in [-0.2, -0.15) is 0 Å². The zero-order chi connectivity index (χ0) is 19.2. The molecule has 3 aromatic rings. The van der Waals surface area contributed by atoms with Gasteiger partial charge in [0.1, 0.15) is 5.52 Å². The van der Waals surface area contributed by atoms with Crippen LogP contribution in [0.4, 0.5) is 0 Å². The Morgan fingerprint density at radius 1 is 1.15 bits per heavy atom. The van der Waals surface area contributed by atoms with Crippen LogP contribution in [0.2, 0.25) is 0 Å². The van der Waals surface area contributed by atoms with Crippen molar-refractivity contribution in [1.29, 1.82) is 0 Å². The number of hydrogen-bond donors (Lipinski definition) is 0. The first-order valence-electron chi connectivity index (χ1n) is 9.44. The highest BCUT2D eigenvalue weighted by molar-refractivity contribution is 6.01. The fraction of sp³-hybridized carbons (Fsp3) is 0.364. The largest absolute Gasteiger partial charge is 0.383 e. The molecule has 0 unspecified atom stereocenters. The summed E-state index contributed by atoms with van der Waals surface area (Å²) in [6, 6.07) is 15.6. The lowest BCUT2D eigenvalue weighted by molar-refractivity contribution is 0.0589. The molecule has 27 heavy (non-hydrogen) atoms. The van der Waals surface area contributed by atoms with Crippen molar-refractivity contribution in [3.8, 4) is 11.3 Å². The molecule has 0 spiro atoms. The maximum atomic E-state index is 13.2. The number of hydrogen-bond acceptors (Lipinski definition) is 4. The third-order valence-corrected chi connectivity index (χ3v) is 4.94. The van der Waals surface area contributed by atoms with Crippen LogP contribution in [-0.2, 0) is 4.74 Å². The van der Waals surface area contributed by atoms with Crippen molar-refractivity contribution in [2.24, 2.45) is 0 Å². The Morgan fingerprint density at radius 3 is 2.56 bits per heavy atom. The predicted molar refractivity (Wildman–Crippen MR) is 107 cm³/mol. The fourth-order valence-electron chi connectivity index (χ4n) is 3.41. The molecule has 0 bridgehead atoms. The summed E-state index contributed by atoms with van der Waals surface area (Å²) in [6.07, 6.45) is 1.83. The molecular weight excluding hydrogens is 340 g/mol. The van der Waals surface area contributed by atoms with E-state index >= 15 is 0 Å².